The highest BCUT2D eigenvalue weighted by Crippen LogP contribution is 2.22. The highest BCUT2D eigenvalue weighted by molar-refractivity contribution is 6.00. The molecule has 1 amide bonds. The van der Waals surface area contributed by atoms with E-state index in [1.54, 1.807) is 0 Å². The summed E-state index contributed by atoms with van der Waals surface area (Å²) in [4.78, 5) is 22.9. The molecule has 1 unspecified atom stereocenters. The van der Waals surface area contributed by atoms with Gasteiger partial charge in [-0.25, -0.2) is 9.18 Å². The summed E-state index contributed by atoms with van der Waals surface area (Å²) in [6, 6.07) is 2.87. The van der Waals surface area contributed by atoms with E-state index in [1.165, 1.54) is 6.07 Å². The number of hydrogen-bond acceptors (Lipinski definition) is 3. The Hall–Kier alpha value is -1.95. The lowest BCUT2D eigenvalue weighted by Crippen LogP contribution is -2.31. The van der Waals surface area contributed by atoms with Crippen molar-refractivity contribution >= 4 is 17.6 Å². The standard InChI is InChI=1S/C15H21FN2O3/c1-15(2,3)8-10(17)7-13(19)18-12-5-4-9(16)6-11(12)14(20)21/h4-6,10H,7-8,17H2,1-3H3,(H,18,19)(H,20,21). The zero-order chi connectivity index (χ0) is 16.2. The van der Waals surface area contributed by atoms with E-state index < -0.39 is 11.8 Å². The van der Waals surface area contributed by atoms with Gasteiger partial charge in [0, 0.05) is 12.5 Å². The number of halogens is 1. The lowest BCUT2D eigenvalue weighted by molar-refractivity contribution is -0.116. The second kappa shape index (κ2) is 6.67. The van der Waals surface area contributed by atoms with Gasteiger partial charge in [-0.3, -0.25) is 4.79 Å². The van der Waals surface area contributed by atoms with E-state index in [4.69, 9.17) is 10.8 Å². The molecule has 0 aliphatic rings. The zero-order valence-corrected chi connectivity index (χ0v) is 12.4. The van der Waals surface area contributed by atoms with Crippen molar-refractivity contribution in [2.24, 2.45) is 11.1 Å². The Kier molecular flexibility index (Phi) is 5.43. The van der Waals surface area contributed by atoms with Crippen LogP contribution in [-0.2, 0) is 4.79 Å². The largest absolute Gasteiger partial charge is 0.478 e. The van der Waals surface area contributed by atoms with Gasteiger partial charge in [0.1, 0.15) is 5.82 Å². The van der Waals surface area contributed by atoms with E-state index >= 15 is 0 Å². The summed E-state index contributed by atoms with van der Waals surface area (Å²) in [5.41, 5.74) is 5.68. The number of rotatable bonds is 5. The summed E-state index contributed by atoms with van der Waals surface area (Å²) in [6.45, 7) is 6.06. The molecule has 1 atom stereocenters. The molecule has 6 heteroatoms. The van der Waals surface area contributed by atoms with E-state index in [0.717, 1.165) is 12.1 Å². The number of anilines is 1. The third-order valence-electron chi connectivity index (χ3n) is 2.81. The highest BCUT2D eigenvalue weighted by atomic mass is 19.1. The van der Waals surface area contributed by atoms with Crippen LogP contribution in [0.3, 0.4) is 0 Å². The van der Waals surface area contributed by atoms with Crippen LogP contribution in [0.15, 0.2) is 18.2 Å². The first-order valence-corrected chi connectivity index (χ1v) is 6.67. The Bertz CT molecular complexity index is 538. The molecule has 0 spiro atoms. The maximum absolute atomic E-state index is 13.0. The van der Waals surface area contributed by atoms with Gasteiger partial charge in [-0.1, -0.05) is 20.8 Å². The normalized spacial score (nSPS) is 12.8. The number of nitrogens with two attached hydrogens (primary N) is 1. The minimum Gasteiger partial charge on any atom is -0.478 e. The molecule has 116 valence electrons. The third-order valence-corrected chi connectivity index (χ3v) is 2.81. The van der Waals surface area contributed by atoms with Crippen LogP contribution < -0.4 is 11.1 Å². The first-order valence-electron chi connectivity index (χ1n) is 6.67. The van der Waals surface area contributed by atoms with Gasteiger partial charge in [0.2, 0.25) is 5.91 Å². The van der Waals surface area contributed by atoms with Crippen LogP contribution in [0.2, 0.25) is 0 Å². The average Bonchev–Trinajstić information content (AvgIpc) is 2.28. The Labute approximate surface area is 123 Å². The SMILES string of the molecule is CC(C)(C)CC(N)CC(=O)Nc1ccc(F)cc1C(=O)O. The summed E-state index contributed by atoms with van der Waals surface area (Å²) in [5, 5.41) is 11.5. The number of amides is 1. The molecule has 0 saturated heterocycles. The minimum atomic E-state index is -1.30. The Morgan fingerprint density at radius 2 is 2.00 bits per heavy atom. The van der Waals surface area contributed by atoms with Crippen molar-refractivity contribution in [1.82, 2.24) is 0 Å². The van der Waals surface area contributed by atoms with Gasteiger partial charge in [-0.15, -0.1) is 0 Å². The number of carbonyl (C=O) groups is 2. The van der Waals surface area contributed by atoms with Crippen molar-refractivity contribution in [2.45, 2.75) is 39.7 Å². The molecular weight excluding hydrogens is 275 g/mol. The van der Waals surface area contributed by atoms with E-state index in [0.29, 0.717) is 6.42 Å². The second-order valence-corrected chi connectivity index (χ2v) is 6.27. The van der Waals surface area contributed by atoms with Crippen LogP contribution in [0.5, 0.6) is 0 Å². The molecule has 0 saturated carbocycles. The van der Waals surface area contributed by atoms with E-state index in [1.807, 2.05) is 20.8 Å². The number of hydrogen-bond donors (Lipinski definition) is 3. The van der Waals surface area contributed by atoms with Gasteiger partial charge in [0.25, 0.3) is 0 Å². The Morgan fingerprint density at radius 1 is 1.38 bits per heavy atom. The van der Waals surface area contributed by atoms with Crippen molar-refractivity contribution in [3.63, 3.8) is 0 Å². The van der Waals surface area contributed by atoms with E-state index in [-0.39, 0.29) is 35.0 Å². The molecule has 1 aromatic carbocycles. The number of carbonyl (C=O) groups excluding carboxylic acids is 1. The number of aromatic carboxylic acids is 1. The van der Waals surface area contributed by atoms with E-state index in [9.17, 15) is 14.0 Å². The zero-order valence-electron chi connectivity index (χ0n) is 12.4. The summed E-state index contributed by atoms with van der Waals surface area (Å²) in [6.07, 6.45) is 0.739. The van der Waals surface area contributed by atoms with Crippen molar-refractivity contribution in [1.29, 1.82) is 0 Å². The predicted molar refractivity (Wildman–Crippen MR) is 78.7 cm³/mol. The van der Waals surface area contributed by atoms with Gasteiger partial charge >= 0.3 is 5.97 Å². The Balaban J connectivity index is 2.73. The molecule has 0 bridgehead atoms. The molecule has 1 aromatic rings. The fourth-order valence-electron chi connectivity index (χ4n) is 2.10. The number of carboxylic acids is 1. The first-order chi connectivity index (χ1) is 9.58. The van der Waals surface area contributed by atoms with Crippen molar-refractivity contribution in [3.8, 4) is 0 Å². The average molecular weight is 296 g/mol. The fourth-order valence-corrected chi connectivity index (χ4v) is 2.10. The molecule has 4 N–H and O–H groups in total. The summed E-state index contributed by atoms with van der Waals surface area (Å²) in [5.74, 6) is -2.36. The number of nitrogens with one attached hydrogen (secondary N) is 1. The molecule has 21 heavy (non-hydrogen) atoms. The maximum atomic E-state index is 13.0. The molecule has 0 heterocycles. The quantitative estimate of drug-likeness (QED) is 0.778. The predicted octanol–water partition coefficient (Wildman–Crippen LogP) is 2.62. The van der Waals surface area contributed by atoms with Crippen molar-refractivity contribution in [3.05, 3.63) is 29.6 Å². The molecule has 0 aromatic heterocycles. The molecule has 0 aliphatic carbocycles. The summed E-state index contributed by atoms with van der Waals surface area (Å²) >= 11 is 0. The molecule has 0 fully saturated rings. The minimum absolute atomic E-state index is 0.00178. The fraction of sp³-hybridized carbons (Fsp3) is 0.467. The van der Waals surface area contributed by atoms with Crippen LogP contribution in [0.1, 0.15) is 44.0 Å². The van der Waals surface area contributed by atoms with Crippen LogP contribution in [0.25, 0.3) is 0 Å². The maximum Gasteiger partial charge on any atom is 0.337 e. The van der Waals surface area contributed by atoms with Gasteiger partial charge in [0.05, 0.1) is 11.3 Å². The topological polar surface area (TPSA) is 92.4 Å². The molecular formula is C15H21FN2O3. The third kappa shape index (κ3) is 5.91. The van der Waals surface area contributed by atoms with Crippen LogP contribution >= 0.6 is 0 Å². The van der Waals surface area contributed by atoms with Gasteiger partial charge < -0.3 is 16.2 Å². The van der Waals surface area contributed by atoms with Gasteiger partial charge in [-0.2, -0.15) is 0 Å². The summed E-state index contributed by atoms with van der Waals surface area (Å²) < 4.78 is 13.0. The van der Waals surface area contributed by atoms with E-state index in [2.05, 4.69) is 5.32 Å². The molecule has 1 rings (SSSR count). The van der Waals surface area contributed by atoms with Crippen molar-refractivity contribution in [2.75, 3.05) is 5.32 Å². The molecule has 0 radical (unpaired) electrons. The van der Waals surface area contributed by atoms with Crippen molar-refractivity contribution < 1.29 is 19.1 Å². The van der Waals surface area contributed by atoms with Gasteiger partial charge in [-0.05, 0) is 30.0 Å². The number of benzene rings is 1. The van der Waals surface area contributed by atoms with Gasteiger partial charge in [0.15, 0.2) is 0 Å². The van der Waals surface area contributed by atoms with Crippen LogP contribution in [0, 0.1) is 11.2 Å². The molecule has 0 aliphatic heterocycles. The lowest BCUT2D eigenvalue weighted by atomic mass is 9.87. The lowest BCUT2D eigenvalue weighted by Gasteiger charge is -2.22. The summed E-state index contributed by atoms with van der Waals surface area (Å²) in [7, 11) is 0. The second-order valence-electron chi connectivity index (χ2n) is 6.27. The smallest absolute Gasteiger partial charge is 0.337 e. The Morgan fingerprint density at radius 3 is 2.52 bits per heavy atom. The number of carboxylic acid groups (broad SMARTS) is 1. The van der Waals surface area contributed by atoms with Crippen LogP contribution in [-0.4, -0.2) is 23.0 Å². The molecule has 5 nitrogen and oxygen atoms in total. The van der Waals surface area contributed by atoms with Crippen LogP contribution in [0.4, 0.5) is 10.1 Å². The monoisotopic (exact) mass is 296 g/mol. The highest BCUT2D eigenvalue weighted by Gasteiger charge is 2.19. The first kappa shape index (κ1) is 17.1.